The summed E-state index contributed by atoms with van der Waals surface area (Å²) < 4.78 is 5.11. The van der Waals surface area contributed by atoms with Gasteiger partial charge in [-0.05, 0) is 28.7 Å². The van der Waals surface area contributed by atoms with Gasteiger partial charge in [0.1, 0.15) is 5.75 Å². The summed E-state index contributed by atoms with van der Waals surface area (Å²) >= 11 is 0. The molecule has 1 aromatic carbocycles. The maximum atomic E-state index is 8.81. The van der Waals surface area contributed by atoms with Crippen LogP contribution in [0.2, 0.25) is 0 Å². The van der Waals surface area contributed by atoms with E-state index in [0.29, 0.717) is 0 Å². The molecule has 0 bridgehead atoms. The van der Waals surface area contributed by atoms with E-state index in [9.17, 15) is 0 Å². The van der Waals surface area contributed by atoms with Crippen LogP contribution in [-0.2, 0) is 0 Å². The molecule has 0 spiro atoms. The van der Waals surface area contributed by atoms with Crippen LogP contribution >= 0.6 is 0 Å². The van der Waals surface area contributed by atoms with Crippen molar-refractivity contribution in [2.45, 2.75) is 20.8 Å². The van der Waals surface area contributed by atoms with Crippen molar-refractivity contribution < 1.29 is 4.74 Å². The summed E-state index contributed by atoms with van der Waals surface area (Å²) in [7, 11) is 1.64. The summed E-state index contributed by atoms with van der Waals surface area (Å²) in [6, 6.07) is 9.89. The van der Waals surface area contributed by atoms with Gasteiger partial charge in [-0.1, -0.05) is 32.9 Å². The first kappa shape index (κ1) is 12.3. The fraction of sp³-hybridized carbons (Fsp3) is 0.357. The number of methoxy groups -OCH3 is 1. The molecule has 0 N–H and O–H groups in total. The van der Waals surface area contributed by atoms with Crippen molar-refractivity contribution in [2.75, 3.05) is 7.11 Å². The number of ether oxygens (including phenoxy) is 1. The second-order valence-corrected chi connectivity index (χ2v) is 4.67. The van der Waals surface area contributed by atoms with Crippen molar-refractivity contribution in [2.24, 2.45) is 5.41 Å². The molecule has 0 atom stereocenters. The lowest BCUT2D eigenvalue weighted by molar-refractivity contribution is 0.414. The Morgan fingerprint density at radius 2 is 1.81 bits per heavy atom. The summed E-state index contributed by atoms with van der Waals surface area (Å²) in [5.41, 5.74) is 2.07. The van der Waals surface area contributed by atoms with E-state index >= 15 is 0 Å². The van der Waals surface area contributed by atoms with E-state index in [1.54, 1.807) is 13.2 Å². The fourth-order valence-corrected chi connectivity index (χ4v) is 1.57. The van der Waals surface area contributed by atoms with E-state index in [-0.39, 0.29) is 5.41 Å². The number of benzene rings is 1. The van der Waals surface area contributed by atoms with Crippen LogP contribution < -0.4 is 4.74 Å². The molecule has 0 saturated heterocycles. The predicted molar refractivity (Wildman–Crippen MR) is 66.0 cm³/mol. The van der Waals surface area contributed by atoms with Crippen molar-refractivity contribution in [3.05, 3.63) is 35.9 Å². The number of nitrogens with zero attached hydrogens (tertiary/aromatic N) is 1. The zero-order valence-electron chi connectivity index (χ0n) is 10.2. The standard InChI is InChI=1S/C14H17NO/c1-14(2,3)13(9-10-15)11-5-7-12(16-4)8-6-11/h5-9H,1-4H3/b13-9-. The van der Waals surface area contributed by atoms with E-state index in [1.165, 1.54) is 0 Å². The first-order valence-corrected chi connectivity index (χ1v) is 5.23. The first-order chi connectivity index (χ1) is 7.49. The highest BCUT2D eigenvalue weighted by atomic mass is 16.5. The highest BCUT2D eigenvalue weighted by molar-refractivity contribution is 5.71. The van der Waals surface area contributed by atoms with Crippen molar-refractivity contribution in [3.63, 3.8) is 0 Å². The van der Waals surface area contributed by atoms with E-state index in [1.807, 2.05) is 24.3 Å². The summed E-state index contributed by atoms with van der Waals surface area (Å²) in [5, 5.41) is 8.81. The lowest BCUT2D eigenvalue weighted by atomic mass is 9.82. The van der Waals surface area contributed by atoms with E-state index in [0.717, 1.165) is 16.9 Å². The lowest BCUT2D eigenvalue weighted by Gasteiger charge is -2.22. The van der Waals surface area contributed by atoms with Crippen molar-refractivity contribution >= 4 is 5.57 Å². The molecule has 0 aliphatic heterocycles. The maximum Gasteiger partial charge on any atom is 0.118 e. The Hall–Kier alpha value is -1.75. The molecule has 0 aromatic heterocycles. The van der Waals surface area contributed by atoms with Crippen LogP contribution in [0.3, 0.4) is 0 Å². The molecule has 84 valence electrons. The number of hydrogen-bond donors (Lipinski definition) is 0. The molecule has 0 aliphatic carbocycles. The Labute approximate surface area is 97.2 Å². The Kier molecular flexibility index (Phi) is 3.73. The van der Waals surface area contributed by atoms with Gasteiger partial charge in [0.25, 0.3) is 0 Å². The van der Waals surface area contributed by atoms with Crippen molar-refractivity contribution in [1.82, 2.24) is 0 Å². The van der Waals surface area contributed by atoms with E-state index in [4.69, 9.17) is 10.00 Å². The molecule has 0 unspecified atom stereocenters. The molecule has 0 radical (unpaired) electrons. The number of allylic oxidation sites excluding steroid dienone is 2. The molecular formula is C14H17NO. The Morgan fingerprint density at radius 1 is 1.25 bits per heavy atom. The smallest absolute Gasteiger partial charge is 0.118 e. The molecule has 0 fully saturated rings. The van der Waals surface area contributed by atoms with Crippen molar-refractivity contribution in [3.8, 4) is 11.8 Å². The fourth-order valence-electron chi connectivity index (χ4n) is 1.57. The number of nitriles is 1. The SMILES string of the molecule is COc1ccc(/C(=C/C#N)C(C)(C)C)cc1. The van der Waals surface area contributed by atoms with Crippen molar-refractivity contribution in [1.29, 1.82) is 5.26 Å². The zero-order valence-corrected chi connectivity index (χ0v) is 10.2. The molecule has 0 aliphatic rings. The van der Waals surface area contributed by atoms with Gasteiger partial charge in [-0.3, -0.25) is 0 Å². The summed E-state index contributed by atoms with van der Waals surface area (Å²) in [4.78, 5) is 0. The highest BCUT2D eigenvalue weighted by Gasteiger charge is 2.18. The van der Waals surface area contributed by atoms with E-state index in [2.05, 4.69) is 26.8 Å². The lowest BCUT2D eigenvalue weighted by Crippen LogP contribution is -2.08. The second-order valence-electron chi connectivity index (χ2n) is 4.67. The maximum absolute atomic E-state index is 8.81. The quantitative estimate of drug-likeness (QED) is 0.705. The molecule has 0 saturated carbocycles. The topological polar surface area (TPSA) is 33.0 Å². The molecule has 1 aromatic rings. The second kappa shape index (κ2) is 4.85. The van der Waals surface area contributed by atoms with E-state index < -0.39 is 0 Å². The molecule has 0 heterocycles. The Bertz CT molecular complexity index is 416. The van der Waals surface area contributed by atoms with Gasteiger partial charge in [-0.25, -0.2) is 0 Å². The summed E-state index contributed by atoms with van der Waals surface area (Å²) in [5.74, 6) is 0.828. The first-order valence-electron chi connectivity index (χ1n) is 5.23. The van der Waals surface area contributed by atoms with Gasteiger partial charge in [0.15, 0.2) is 0 Å². The van der Waals surface area contributed by atoms with Crippen LogP contribution in [0, 0.1) is 16.7 Å². The molecular weight excluding hydrogens is 198 g/mol. The van der Waals surface area contributed by atoms with Crippen LogP contribution in [0.5, 0.6) is 5.75 Å². The van der Waals surface area contributed by atoms with Gasteiger partial charge in [0.2, 0.25) is 0 Å². The zero-order chi connectivity index (χ0) is 12.2. The van der Waals surface area contributed by atoms with Gasteiger partial charge >= 0.3 is 0 Å². The van der Waals surface area contributed by atoms with Gasteiger partial charge in [-0.2, -0.15) is 5.26 Å². The van der Waals surface area contributed by atoms with Crippen LogP contribution in [0.4, 0.5) is 0 Å². The largest absolute Gasteiger partial charge is 0.497 e. The highest BCUT2D eigenvalue weighted by Crippen LogP contribution is 2.34. The van der Waals surface area contributed by atoms with Gasteiger partial charge in [0.05, 0.1) is 13.2 Å². The minimum absolute atomic E-state index is 0.0374. The summed E-state index contributed by atoms with van der Waals surface area (Å²) in [6.07, 6.45) is 1.61. The van der Waals surface area contributed by atoms with Crippen LogP contribution in [0.25, 0.3) is 5.57 Å². The predicted octanol–water partition coefficient (Wildman–Crippen LogP) is 3.65. The van der Waals surface area contributed by atoms with Gasteiger partial charge in [-0.15, -0.1) is 0 Å². The molecule has 1 rings (SSSR count). The normalized spacial score (nSPS) is 12.1. The Morgan fingerprint density at radius 3 is 2.19 bits per heavy atom. The Balaban J connectivity index is 3.14. The third-order valence-corrected chi connectivity index (χ3v) is 2.42. The van der Waals surface area contributed by atoms with Gasteiger partial charge in [0, 0.05) is 6.08 Å². The minimum Gasteiger partial charge on any atom is -0.497 e. The molecule has 16 heavy (non-hydrogen) atoms. The van der Waals surface area contributed by atoms with Crippen LogP contribution in [0.15, 0.2) is 30.3 Å². The number of rotatable bonds is 2. The average molecular weight is 215 g/mol. The van der Waals surface area contributed by atoms with Crippen LogP contribution in [0.1, 0.15) is 26.3 Å². The molecule has 2 nitrogen and oxygen atoms in total. The molecule has 2 heteroatoms. The van der Waals surface area contributed by atoms with Gasteiger partial charge < -0.3 is 4.74 Å². The molecule has 0 amide bonds. The average Bonchev–Trinajstić information content (AvgIpc) is 2.25. The third-order valence-electron chi connectivity index (χ3n) is 2.42. The number of hydrogen-bond acceptors (Lipinski definition) is 2. The summed E-state index contributed by atoms with van der Waals surface area (Å²) in [6.45, 7) is 6.29. The van der Waals surface area contributed by atoms with Crippen LogP contribution in [-0.4, -0.2) is 7.11 Å². The third kappa shape index (κ3) is 2.87. The monoisotopic (exact) mass is 215 g/mol. The minimum atomic E-state index is -0.0374.